The van der Waals surface area contributed by atoms with Gasteiger partial charge in [-0.25, -0.2) is 0 Å². The predicted octanol–water partition coefficient (Wildman–Crippen LogP) is -0.144. The van der Waals surface area contributed by atoms with E-state index in [1.54, 1.807) is 0 Å². The molecule has 0 radical (unpaired) electrons. The first kappa shape index (κ1) is 21.8. The van der Waals surface area contributed by atoms with Gasteiger partial charge < -0.3 is 34.8 Å². The Hall–Kier alpha value is -1.44. The minimum Gasteiger partial charge on any atom is -0.387 e. The van der Waals surface area contributed by atoms with E-state index in [4.69, 9.17) is 30.9 Å². The summed E-state index contributed by atoms with van der Waals surface area (Å²) in [4.78, 5) is 26.5. The maximum Gasteiger partial charge on any atom is 0.353 e. The lowest BCUT2D eigenvalue weighted by Gasteiger charge is -2.19. The number of aromatic nitrogens is 5. The first-order valence-corrected chi connectivity index (χ1v) is 11.4. The summed E-state index contributed by atoms with van der Waals surface area (Å²) in [5.74, 6) is -0.398. The van der Waals surface area contributed by atoms with Crippen LogP contribution >= 0.6 is 19.2 Å². The van der Waals surface area contributed by atoms with Gasteiger partial charge in [0.15, 0.2) is 29.1 Å². The molecule has 0 amide bonds. The smallest absolute Gasteiger partial charge is 0.353 e. The van der Waals surface area contributed by atoms with E-state index in [0.717, 1.165) is 12.8 Å². The normalized spacial score (nSPS) is 28.2. The van der Waals surface area contributed by atoms with Crippen molar-refractivity contribution in [2.75, 3.05) is 18.5 Å². The summed E-state index contributed by atoms with van der Waals surface area (Å²) in [5.41, 5.74) is 0.537. The Morgan fingerprint density at radius 2 is 2.07 bits per heavy atom. The van der Waals surface area contributed by atoms with Gasteiger partial charge in [-0.15, -0.1) is 5.10 Å². The van der Waals surface area contributed by atoms with Crippen molar-refractivity contribution in [1.82, 2.24) is 25.0 Å². The number of aliphatic hydroxyl groups is 2. The predicted molar refractivity (Wildman–Crippen MR) is 103 cm³/mol. The topological polar surface area (TPSA) is 185 Å². The van der Waals surface area contributed by atoms with Gasteiger partial charge in [-0.1, -0.05) is 5.21 Å². The van der Waals surface area contributed by atoms with Crippen molar-refractivity contribution in [3.05, 3.63) is 5.28 Å². The zero-order chi connectivity index (χ0) is 21.6. The van der Waals surface area contributed by atoms with Gasteiger partial charge in [-0.3, -0.25) is 4.57 Å². The van der Waals surface area contributed by atoms with Crippen LogP contribution < -0.4 is 5.32 Å². The Balaban J connectivity index is 1.53. The van der Waals surface area contributed by atoms with E-state index in [1.807, 2.05) is 0 Å². The maximum atomic E-state index is 11.2. The van der Waals surface area contributed by atoms with Crippen molar-refractivity contribution < 1.29 is 34.0 Å². The molecule has 15 heteroatoms. The Morgan fingerprint density at radius 1 is 1.33 bits per heavy atom. The van der Waals surface area contributed by atoms with Crippen molar-refractivity contribution in [1.29, 1.82) is 0 Å². The number of anilines is 1. The fourth-order valence-corrected chi connectivity index (χ4v) is 3.51. The molecule has 166 valence electrons. The highest BCUT2D eigenvalue weighted by Crippen LogP contribution is 2.42. The molecular weight excluding hydrogens is 443 g/mol. The minimum absolute atomic E-state index is 0.0484. The highest BCUT2D eigenvalue weighted by atomic mass is 35.5. The van der Waals surface area contributed by atoms with Gasteiger partial charge >= 0.3 is 7.60 Å². The van der Waals surface area contributed by atoms with Crippen LogP contribution in [0.15, 0.2) is 0 Å². The molecule has 0 spiro atoms. The average molecular weight is 465 g/mol. The number of nitrogens with zero attached hydrogens (tertiary/aromatic N) is 5. The number of hydrogen-bond donors (Lipinski definition) is 5. The molecule has 4 rings (SSSR count). The van der Waals surface area contributed by atoms with Gasteiger partial charge in [0, 0.05) is 6.54 Å². The molecule has 2 fully saturated rings. The lowest BCUT2D eigenvalue weighted by molar-refractivity contribution is -0.0747. The Morgan fingerprint density at radius 3 is 2.73 bits per heavy atom. The molecule has 1 saturated heterocycles. The summed E-state index contributed by atoms with van der Waals surface area (Å²) < 4.78 is 23.1. The minimum atomic E-state index is -4.45. The Labute approximate surface area is 175 Å². The van der Waals surface area contributed by atoms with Crippen LogP contribution in [-0.4, -0.2) is 82.3 Å². The lowest BCUT2D eigenvalue weighted by atomic mass is 10.1. The number of rotatable bonds is 8. The number of hydrogen-bond acceptors (Lipinski definition) is 10. The van der Waals surface area contributed by atoms with E-state index in [0.29, 0.717) is 23.8 Å². The number of fused-ring (bicyclic) bond motifs is 1. The molecule has 0 bridgehead atoms. The molecule has 5 atom stereocenters. The van der Waals surface area contributed by atoms with Gasteiger partial charge in [0.05, 0.1) is 6.61 Å². The van der Waals surface area contributed by atoms with Crippen LogP contribution in [0, 0.1) is 5.92 Å². The quantitative estimate of drug-likeness (QED) is 0.257. The number of aliphatic hydroxyl groups excluding tert-OH is 2. The van der Waals surface area contributed by atoms with Crippen molar-refractivity contribution in [3.63, 3.8) is 0 Å². The van der Waals surface area contributed by atoms with Crippen LogP contribution in [0.5, 0.6) is 0 Å². The summed E-state index contributed by atoms with van der Waals surface area (Å²) in [6.07, 6.45) is -2.72. The van der Waals surface area contributed by atoms with E-state index in [9.17, 15) is 14.8 Å². The van der Waals surface area contributed by atoms with Gasteiger partial charge in [0.25, 0.3) is 0 Å². The molecular formula is C15H22ClN6O7P. The van der Waals surface area contributed by atoms with Gasteiger partial charge in [0.2, 0.25) is 5.28 Å². The third-order valence-corrected chi connectivity index (χ3v) is 6.37. The van der Waals surface area contributed by atoms with Crippen molar-refractivity contribution >= 4 is 36.2 Å². The van der Waals surface area contributed by atoms with E-state index in [-0.39, 0.29) is 17.5 Å². The third-order valence-electron chi connectivity index (χ3n) is 5.11. The second-order valence-corrected chi connectivity index (χ2v) is 9.68. The van der Waals surface area contributed by atoms with Crippen LogP contribution in [0.1, 0.15) is 26.0 Å². The fraction of sp³-hybridized carbons (Fsp3) is 0.733. The molecule has 1 aliphatic heterocycles. The van der Waals surface area contributed by atoms with E-state index in [2.05, 4.69) is 25.6 Å². The standard InChI is InChI=1S/C15H22ClN6O7P/c1-6(30(25,26)27)28-5-8-10(23)11(24)14(29-8)22-13-9(20-21-22)12(18-15(16)19-13)17-4-7-2-3-7/h6-8,10-11,14,23-24H,2-5H2,1H3,(H,17,18,19)(H2,25,26,27)/t6?,8-,10-,11-,14-/m1/s1. The number of nitrogens with one attached hydrogen (secondary N) is 1. The molecule has 2 aromatic heterocycles. The van der Waals surface area contributed by atoms with Crippen LogP contribution in [0.25, 0.3) is 11.2 Å². The monoisotopic (exact) mass is 464 g/mol. The fourth-order valence-electron chi connectivity index (χ4n) is 3.06. The summed E-state index contributed by atoms with van der Waals surface area (Å²) in [6, 6.07) is 0. The van der Waals surface area contributed by atoms with Crippen LogP contribution in [-0.2, 0) is 14.0 Å². The summed E-state index contributed by atoms with van der Waals surface area (Å²) in [5, 5.41) is 31.9. The summed E-state index contributed by atoms with van der Waals surface area (Å²) in [7, 11) is -4.45. The molecule has 0 aromatic carbocycles. The van der Waals surface area contributed by atoms with Crippen LogP contribution in [0.4, 0.5) is 5.82 Å². The van der Waals surface area contributed by atoms with E-state index < -0.39 is 38.0 Å². The first-order chi connectivity index (χ1) is 14.1. The van der Waals surface area contributed by atoms with Gasteiger partial charge in [0.1, 0.15) is 18.3 Å². The van der Waals surface area contributed by atoms with Crippen LogP contribution in [0.2, 0.25) is 5.28 Å². The van der Waals surface area contributed by atoms with Gasteiger partial charge in [-0.2, -0.15) is 14.6 Å². The SMILES string of the molecule is CC(OC[C@H]1O[C@@H](n2nnc3c(NCC4CC4)nc(Cl)nc32)[C@H](O)[C@@H]1O)P(=O)(O)O. The average Bonchev–Trinajstić information content (AvgIpc) is 3.36. The maximum absolute atomic E-state index is 11.2. The number of halogens is 1. The number of ether oxygens (including phenoxy) is 2. The zero-order valence-electron chi connectivity index (χ0n) is 15.9. The highest BCUT2D eigenvalue weighted by molar-refractivity contribution is 7.52. The first-order valence-electron chi connectivity index (χ1n) is 9.36. The molecule has 3 heterocycles. The molecule has 30 heavy (non-hydrogen) atoms. The molecule has 13 nitrogen and oxygen atoms in total. The zero-order valence-corrected chi connectivity index (χ0v) is 17.5. The second-order valence-electron chi connectivity index (χ2n) is 7.44. The molecule has 1 unspecified atom stereocenters. The molecule has 2 aromatic rings. The van der Waals surface area contributed by atoms with E-state index in [1.165, 1.54) is 11.6 Å². The Kier molecular flexibility index (Phi) is 5.99. The summed E-state index contributed by atoms with van der Waals surface area (Å²) >= 11 is 6.03. The van der Waals surface area contributed by atoms with Crippen molar-refractivity contribution in [3.8, 4) is 0 Å². The van der Waals surface area contributed by atoms with Crippen LogP contribution in [0.3, 0.4) is 0 Å². The van der Waals surface area contributed by atoms with Crippen molar-refractivity contribution in [2.45, 2.75) is 50.2 Å². The highest BCUT2D eigenvalue weighted by Gasteiger charge is 2.46. The molecule has 5 N–H and O–H groups in total. The molecule has 2 aliphatic rings. The largest absolute Gasteiger partial charge is 0.387 e. The Bertz CT molecular complexity index is 968. The molecule has 1 aliphatic carbocycles. The van der Waals surface area contributed by atoms with Gasteiger partial charge in [-0.05, 0) is 37.3 Å². The van der Waals surface area contributed by atoms with Crippen molar-refractivity contribution in [2.24, 2.45) is 5.92 Å². The molecule has 1 saturated carbocycles. The summed E-state index contributed by atoms with van der Waals surface area (Å²) in [6.45, 7) is 1.57. The van der Waals surface area contributed by atoms with E-state index >= 15 is 0 Å². The third kappa shape index (κ3) is 4.43. The lowest BCUT2D eigenvalue weighted by Crippen LogP contribution is -2.34. The second kappa shape index (κ2) is 8.24.